The van der Waals surface area contributed by atoms with Crippen molar-refractivity contribution >= 4 is 34.3 Å². The molecule has 2 aromatic carbocycles. The molecule has 2 N–H and O–H groups in total. The fourth-order valence-electron chi connectivity index (χ4n) is 4.98. The summed E-state index contributed by atoms with van der Waals surface area (Å²) in [5.74, 6) is 1.03. The van der Waals surface area contributed by atoms with E-state index in [2.05, 4.69) is 49.3 Å². The number of aryl methyl sites for hydroxylation is 2. The molecule has 1 aliphatic heterocycles. The van der Waals surface area contributed by atoms with E-state index in [0.717, 1.165) is 65.4 Å². The number of thioether (sulfide) groups is 1. The zero-order valence-electron chi connectivity index (χ0n) is 18.9. The maximum absolute atomic E-state index is 12.7. The van der Waals surface area contributed by atoms with Crippen LogP contribution in [-0.4, -0.2) is 44.1 Å². The lowest BCUT2D eigenvalue weighted by Crippen LogP contribution is -2.18. The van der Waals surface area contributed by atoms with Crippen LogP contribution in [0.5, 0.6) is 0 Å². The molecule has 1 atom stereocenters. The minimum Gasteiger partial charge on any atom is -0.376 e. The molecule has 0 spiro atoms. The molecule has 4 aromatic rings. The van der Waals surface area contributed by atoms with Gasteiger partial charge in [-0.25, -0.2) is 0 Å². The Balaban J connectivity index is 1.22. The summed E-state index contributed by atoms with van der Waals surface area (Å²) in [6.07, 6.45) is 7.64. The van der Waals surface area contributed by atoms with E-state index < -0.39 is 0 Å². The summed E-state index contributed by atoms with van der Waals surface area (Å²) in [4.78, 5) is 16.1. The van der Waals surface area contributed by atoms with Crippen molar-refractivity contribution in [3.63, 3.8) is 0 Å². The summed E-state index contributed by atoms with van der Waals surface area (Å²) in [5, 5.41) is 13.9. The number of benzene rings is 2. The van der Waals surface area contributed by atoms with Gasteiger partial charge in [0.1, 0.15) is 0 Å². The number of rotatable bonds is 7. The summed E-state index contributed by atoms with van der Waals surface area (Å²) in [5.41, 5.74) is 5.69. The number of hydrogen-bond donors (Lipinski definition) is 2. The second-order valence-corrected chi connectivity index (χ2v) is 9.92. The second kappa shape index (κ2) is 9.27. The number of aromatic amines is 1. The molecule has 7 nitrogen and oxygen atoms in total. The fraction of sp³-hybridized carbons (Fsp3) is 0.346. The Morgan fingerprint density at radius 3 is 2.97 bits per heavy atom. The van der Waals surface area contributed by atoms with Gasteiger partial charge in [0.15, 0.2) is 11.0 Å². The fourth-order valence-corrected chi connectivity index (χ4v) is 5.73. The Morgan fingerprint density at radius 1 is 1.15 bits per heavy atom. The van der Waals surface area contributed by atoms with E-state index in [4.69, 9.17) is 4.74 Å². The largest absolute Gasteiger partial charge is 0.376 e. The van der Waals surface area contributed by atoms with Crippen LogP contribution in [0.1, 0.15) is 30.4 Å². The molecule has 1 aliphatic carbocycles. The number of H-pyrrole nitrogens is 1. The predicted molar refractivity (Wildman–Crippen MR) is 134 cm³/mol. The van der Waals surface area contributed by atoms with Crippen LogP contribution in [0, 0.1) is 0 Å². The Morgan fingerprint density at radius 2 is 2.06 bits per heavy atom. The highest BCUT2D eigenvalue weighted by Gasteiger charge is 2.23. The van der Waals surface area contributed by atoms with Gasteiger partial charge in [-0.2, -0.15) is 0 Å². The number of carbonyl (C=O) groups is 1. The highest BCUT2D eigenvalue weighted by molar-refractivity contribution is 7.99. The standard InChI is InChI=1S/C26H27N5O2S/c32-24(28-19-11-10-17-5-3-6-18(17)13-19)16-34-26-30-29-25(31(26)15-20-7-4-12-33-20)22-14-27-23-9-2-1-8-21(22)23/h1-2,8-11,13-14,20,27H,3-7,12,15-16H2,(H,28,32). The van der Waals surface area contributed by atoms with Crippen molar-refractivity contribution < 1.29 is 9.53 Å². The van der Waals surface area contributed by atoms with E-state index in [1.165, 1.54) is 29.3 Å². The molecule has 1 unspecified atom stereocenters. The molecule has 1 amide bonds. The third-order valence-electron chi connectivity index (χ3n) is 6.67. The lowest BCUT2D eigenvalue weighted by Gasteiger charge is -2.14. The summed E-state index contributed by atoms with van der Waals surface area (Å²) >= 11 is 1.42. The van der Waals surface area contributed by atoms with Crippen molar-refractivity contribution in [2.75, 3.05) is 17.7 Å². The molecule has 0 saturated carbocycles. The zero-order chi connectivity index (χ0) is 22.9. The Kier molecular flexibility index (Phi) is 5.84. The minimum atomic E-state index is -0.0387. The van der Waals surface area contributed by atoms with E-state index in [1.54, 1.807) is 0 Å². The predicted octanol–water partition coefficient (Wildman–Crippen LogP) is 4.82. The summed E-state index contributed by atoms with van der Waals surface area (Å²) in [6.45, 7) is 1.47. The van der Waals surface area contributed by atoms with Crippen LogP contribution in [-0.2, 0) is 28.9 Å². The molecule has 2 aliphatic rings. The van der Waals surface area contributed by atoms with Crippen LogP contribution in [0.15, 0.2) is 53.8 Å². The Bertz CT molecular complexity index is 1340. The lowest BCUT2D eigenvalue weighted by molar-refractivity contribution is -0.113. The van der Waals surface area contributed by atoms with Gasteiger partial charge in [0, 0.05) is 35.0 Å². The van der Waals surface area contributed by atoms with Crippen molar-refractivity contribution in [1.29, 1.82) is 0 Å². The first-order valence-electron chi connectivity index (χ1n) is 11.9. The average Bonchev–Trinajstić information content (AvgIpc) is 3.65. The van der Waals surface area contributed by atoms with Gasteiger partial charge in [-0.15, -0.1) is 10.2 Å². The van der Waals surface area contributed by atoms with E-state index in [0.29, 0.717) is 6.54 Å². The van der Waals surface area contributed by atoms with Crippen LogP contribution >= 0.6 is 11.8 Å². The molecule has 6 rings (SSSR count). The smallest absolute Gasteiger partial charge is 0.234 e. The van der Waals surface area contributed by atoms with Crippen molar-refractivity contribution in [1.82, 2.24) is 19.7 Å². The number of fused-ring (bicyclic) bond motifs is 2. The van der Waals surface area contributed by atoms with Crippen molar-refractivity contribution in [3.8, 4) is 11.4 Å². The average molecular weight is 474 g/mol. The van der Waals surface area contributed by atoms with Crippen LogP contribution in [0.3, 0.4) is 0 Å². The molecule has 8 heteroatoms. The molecule has 1 saturated heterocycles. The SMILES string of the molecule is O=C(CSc1nnc(-c2c[nH]c3ccccc23)n1CC1CCCO1)Nc1ccc2c(c1)CCC2. The van der Waals surface area contributed by atoms with Crippen LogP contribution < -0.4 is 5.32 Å². The van der Waals surface area contributed by atoms with Crippen molar-refractivity contribution in [3.05, 3.63) is 59.8 Å². The third-order valence-corrected chi connectivity index (χ3v) is 7.64. The molecule has 1 fully saturated rings. The molecular formula is C26H27N5O2S. The van der Waals surface area contributed by atoms with Gasteiger partial charge in [0.2, 0.25) is 5.91 Å². The maximum Gasteiger partial charge on any atom is 0.234 e. The van der Waals surface area contributed by atoms with E-state index >= 15 is 0 Å². The third kappa shape index (κ3) is 4.23. The highest BCUT2D eigenvalue weighted by Crippen LogP contribution is 2.31. The minimum absolute atomic E-state index is 0.0387. The van der Waals surface area contributed by atoms with Gasteiger partial charge in [-0.1, -0.05) is 36.0 Å². The summed E-state index contributed by atoms with van der Waals surface area (Å²) in [6, 6.07) is 14.4. The quantitative estimate of drug-likeness (QED) is 0.376. The number of aromatic nitrogens is 4. The van der Waals surface area contributed by atoms with Gasteiger partial charge in [-0.05, 0) is 61.4 Å². The van der Waals surface area contributed by atoms with E-state index in [9.17, 15) is 4.79 Å². The van der Waals surface area contributed by atoms with E-state index in [-0.39, 0.29) is 17.8 Å². The van der Waals surface area contributed by atoms with Crippen molar-refractivity contribution in [2.24, 2.45) is 0 Å². The first-order chi connectivity index (χ1) is 16.7. The summed E-state index contributed by atoms with van der Waals surface area (Å²) in [7, 11) is 0. The number of ether oxygens (including phenoxy) is 1. The topological polar surface area (TPSA) is 84.8 Å². The second-order valence-electron chi connectivity index (χ2n) is 8.97. The lowest BCUT2D eigenvalue weighted by atomic mass is 10.1. The van der Waals surface area contributed by atoms with Crippen molar-refractivity contribution in [2.45, 2.75) is 49.9 Å². The first kappa shape index (κ1) is 21.4. The van der Waals surface area contributed by atoms with Gasteiger partial charge >= 0.3 is 0 Å². The molecular weight excluding hydrogens is 446 g/mol. The van der Waals surface area contributed by atoms with Crippen LogP contribution in [0.25, 0.3) is 22.3 Å². The molecule has 0 radical (unpaired) electrons. The molecule has 3 heterocycles. The number of anilines is 1. The monoisotopic (exact) mass is 473 g/mol. The Hall–Kier alpha value is -3.10. The van der Waals surface area contributed by atoms with Crippen LogP contribution in [0.2, 0.25) is 0 Å². The molecule has 0 bridgehead atoms. The molecule has 174 valence electrons. The van der Waals surface area contributed by atoms with Gasteiger partial charge < -0.3 is 15.0 Å². The van der Waals surface area contributed by atoms with Gasteiger partial charge in [-0.3, -0.25) is 9.36 Å². The van der Waals surface area contributed by atoms with Gasteiger partial charge in [0.05, 0.1) is 18.4 Å². The normalized spacial score (nSPS) is 17.4. The number of para-hydroxylation sites is 1. The Labute approximate surface area is 202 Å². The maximum atomic E-state index is 12.7. The highest BCUT2D eigenvalue weighted by atomic mass is 32.2. The van der Waals surface area contributed by atoms with Crippen LogP contribution in [0.4, 0.5) is 5.69 Å². The number of amides is 1. The molecule has 2 aromatic heterocycles. The number of hydrogen-bond acceptors (Lipinski definition) is 5. The number of nitrogens with zero attached hydrogens (tertiary/aromatic N) is 3. The van der Waals surface area contributed by atoms with Gasteiger partial charge in [0.25, 0.3) is 0 Å². The number of carbonyl (C=O) groups excluding carboxylic acids is 1. The number of nitrogens with one attached hydrogen (secondary N) is 2. The zero-order valence-corrected chi connectivity index (χ0v) is 19.7. The summed E-state index contributed by atoms with van der Waals surface area (Å²) < 4.78 is 8.02. The van der Waals surface area contributed by atoms with E-state index in [1.807, 2.05) is 24.4 Å². The first-order valence-corrected chi connectivity index (χ1v) is 12.9. The molecule has 34 heavy (non-hydrogen) atoms.